The van der Waals surface area contributed by atoms with Crippen LogP contribution in [0.15, 0.2) is 39.3 Å². The third kappa shape index (κ3) is 2.93. The minimum Gasteiger partial charge on any atom is -0.247 e. The quantitative estimate of drug-likeness (QED) is 0.791. The van der Waals surface area contributed by atoms with Crippen LogP contribution in [0.3, 0.4) is 0 Å². The van der Waals surface area contributed by atoms with Crippen LogP contribution >= 0.6 is 39.3 Å². The Balaban J connectivity index is 2.23. The molecule has 0 bridgehead atoms. The number of nitrogens with zero attached hydrogens (tertiary/aromatic N) is 3. The van der Waals surface area contributed by atoms with Crippen LogP contribution in [0.5, 0.6) is 0 Å². The highest BCUT2D eigenvalue weighted by Crippen LogP contribution is 2.30. The predicted octanol–water partition coefficient (Wildman–Crippen LogP) is 3.75. The van der Waals surface area contributed by atoms with Crippen molar-refractivity contribution in [2.45, 2.75) is 17.1 Å². The van der Waals surface area contributed by atoms with Gasteiger partial charge >= 0.3 is 0 Å². The van der Waals surface area contributed by atoms with Crippen molar-refractivity contribution in [3.8, 4) is 0 Å². The Morgan fingerprint density at radius 3 is 2.50 bits per heavy atom. The van der Waals surface area contributed by atoms with E-state index in [1.807, 2.05) is 6.92 Å². The molecule has 3 nitrogen and oxygen atoms in total. The number of rotatable bonds is 2. The number of aryl methyl sites for hydroxylation is 1. The summed E-state index contributed by atoms with van der Waals surface area (Å²) in [5.41, 5.74) is 1.03. The summed E-state index contributed by atoms with van der Waals surface area (Å²) in [6.45, 7) is 1.94. The number of halogens is 2. The molecule has 0 amide bonds. The maximum absolute atomic E-state index is 6.04. The smallest absolute Gasteiger partial charge is 0.193 e. The zero-order valence-corrected chi connectivity index (χ0v) is 11.5. The molecule has 0 aliphatic carbocycles. The lowest BCUT2D eigenvalue weighted by atomic mass is 10.4. The number of hydrogen-bond donors (Lipinski definition) is 0. The lowest BCUT2D eigenvalue weighted by Gasteiger charge is -2.02. The SMILES string of the molecule is Cc1cnc(Sc2ncc(Br)cc2Cl)nc1. The third-order valence-corrected chi connectivity index (χ3v) is 3.47. The van der Waals surface area contributed by atoms with E-state index in [-0.39, 0.29) is 0 Å². The minimum absolute atomic E-state index is 0.587. The lowest BCUT2D eigenvalue weighted by molar-refractivity contribution is 0.944. The molecule has 0 saturated carbocycles. The van der Waals surface area contributed by atoms with Crippen LogP contribution in [-0.4, -0.2) is 15.0 Å². The Bertz CT molecular complexity index is 504. The van der Waals surface area contributed by atoms with Gasteiger partial charge in [-0.05, 0) is 46.2 Å². The minimum atomic E-state index is 0.587. The zero-order chi connectivity index (χ0) is 11.5. The fourth-order valence-corrected chi connectivity index (χ4v) is 2.39. The molecular weight excluding hydrogens is 310 g/mol. The molecule has 2 rings (SSSR count). The summed E-state index contributed by atoms with van der Waals surface area (Å²) < 4.78 is 0.853. The van der Waals surface area contributed by atoms with Gasteiger partial charge in [0.15, 0.2) is 5.16 Å². The molecule has 0 aliphatic heterocycles. The van der Waals surface area contributed by atoms with Crippen LogP contribution in [-0.2, 0) is 0 Å². The van der Waals surface area contributed by atoms with E-state index in [1.165, 1.54) is 11.8 Å². The second-order valence-corrected chi connectivity index (χ2v) is 5.36. The van der Waals surface area contributed by atoms with E-state index < -0.39 is 0 Å². The molecule has 6 heteroatoms. The van der Waals surface area contributed by atoms with Crippen molar-refractivity contribution < 1.29 is 0 Å². The molecular formula is C10H7BrClN3S. The van der Waals surface area contributed by atoms with Crippen molar-refractivity contribution in [3.63, 3.8) is 0 Å². The molecule has 2 aromatic heterocycles. The van der Waals surface area contributed by atoms with Crippen molar-refractivity contribution in [2.24, 2.45) is 0 Å². The van der Waals surface area contributed by atoms with Crippen molar-refractivity contribution in [1.29, 1.82) is 0 Å². The number of hydrogen-bond acceptors (Lipinski definition) is 4. The highest BCUT2D eigenvalue weighted by Gasteiger charge is 2.06. The Kier molecular flexibility index (Phi) is 3.78. The first-order valence-electron chi connectivity index (χ1n) is 4.43. The average Bonchev–Trinajstić information content (AvgIpc) is 2.25. The van der Waals surface area contributed by atoms with Crippen LogP contribution in [0.4, 0.5) is 0 Å². The molecule has 0 N–H and O–H groups in total. The summed E-state index contributed by atoms with van der Waals surface area (Å²) in [6.07, 6.45) is 5.23. The molecule has 2 aromatic rings. The van der Waals surface area contributed by atoms with Gasteiger partial charge in [0.1, 0.15) is 5.03 Å². The van der Waals surface area contributed by atoms with E-state index in [1.54, 1.807) is 24.7 Å². The summed E-state index contributed by atoms with van der Waals surface area (Å²) in [7, 11) is 0. The summed E-state index contributed by atoms with van der Waals surface area (Å²) in [4.78, 5) is 12.6. The molecule has 82 valence electrons. The summed E-state index contributed by atoms with van der Waals surface area (Å²) in [6, 6.07) is 1.80. The largest absolute Gasteiger partial charge is 0.247 e. The van der Waals surface area contributed by atoms with Crippen molar-refractivity contribution in [2.75, 3.05) is 0 Å². The lowest BCUT2D eigenvalue weighted by Crippen LogP contribution is -1.88. The van der Waals surface area contributed by atoms with Crippen LogP contribution in [0.1, 0.15) is 5.56 Å². The van der Waals surface area contributed by atoms with Gasteiger partial charge in [-0.3, -0.25) is 0 Å². The van der Waals surface area contributed by atoms with Gasteiger partial charge in [0, 0.05) is 23.1 Å². The van der Waals surface area contributed by atoms with Crippen molar-refractivity contribution in [3.05, 3.63) is 39.7 Å². The predicted molar refractivity (Wildman–Crippen MR) is 67.8 cm³/mol. The fourth-order valence-electron chi connectivity index (χ4n) is 0.997. The van der Waals surface area contributed by atoms with Crippen molar-refractivity contribution >= 4 is 39.3 Å². The van der Waals surface area contributed by atoms with Crippen LogP contribution in [0, 0.1) is 6.92 Å². The van der Waals surface area contributed by atoms with E-state index in [0.29, 0.717) is 15.2 Å². The van der Waals surface area contributed by atoms with Gasteiger partial charge in [-0.2, -0.15) is 0 Å². The van der Waals surface area contributed by atoms with Gasteiger partial charge in [0.25, 0.3) is 0 Å². The highest BCUT2D eigenvalue weighted by molar-refractivity contribution is 9.10. The summed E-state index contributed by atoms with van der Waals surface area (Å²) in [5.74, 6) is 0. The number of pyridine rings is 1. The van der Waals surface area contributed by atoms with E-state index in [9.17, 15) is 0 Å². The normalized spacial score (nSPS) is 10.4. The molecule has 16 heavy (non-hydrogen) atoms. The number of aromatic nitrogens is 3. The van der Waals surface area contributed by atoms with Gasteiger partial charge < -0.3 is 0 Å². The first-order valence-corrected chi connectivity index (χ1v) is 6.41. The highest BCUT2D eigenvalue weighted by atomic mass is 79.9. The van der Waals surface area contributed by atoms with Gasteiger partial charge in [0.05, 0.1) is 5.02 Å². The second-order valence-electron chi connectivity index (χ2n) is 3.09. The van der Waals surface area contributed by atoms with Crippen molar-refractivity contribution in [1.82, 2.24) is 15.0 Å². The summed E-state index contributed by atoms with van der Waals surface area (Å²) >= 11 is 10.7. The monoisotopic (exact) mass is 315 g/mol. The first-order chi connectivity index (χ1) is 7.65. The first kappa shape index (κ1) is 11.8. The zero-order valence-electron chi connectivity index (χ0n) is 8.32. The van der Waals surface area contributed by atoms with E-state index in [4.69, 9.17) is 11.6 Å². The molecule has 0 fully saturated rings. The second kappa shape index (κ2) is 5.12. The van der Waals surface area contributed by atoms with Gasteiger partial charge in [0.2, 0.25) is 0 Å². The Morgan fingerprint density at radius 2 is 1.88 bits per heavy atom. The molecule has 0 radical (unpaired) electrons. The summed E-state index contributed by atoms with van der Waals surface area (Å²) in [5, 5.41) is 1.93. The van der Waals surface area contributed by atoms with E-state index in [0.717, 1.165) is 10.0 Å². The Labute approximate surface area is 111 Å². The van der Waals surface area contributed by atoms with Crippen LogP contribution in [0.25, 0.3) is 0 Å². The Hall–Kier alpha value is -0.650. The molecule has 0 spiro atoms. The van der Waals surface area contributed by atoms with Crippen LogP contribution in [0.2, 0.25) is 5.02 Å². The van der Waals surface area contributed by atoms with Gasteiger partial charge in [-0.25, -0.2) is 15.0 Å². The standard InChI is InChI=1S/C10H7BrClN3S/c1-6-3-14-10(15-4-6)16-9-8(12)2-7(11)5-13-9/h2-5H,1H3. The Morgan fingerprint density at radius 1 is 1.19 bits per heavy atom. The molecule has 0 saturated heterocycles. The van der Waals surface area contributed by atoms with Gasteiger partial charge in [-0.1, -0.05) is 11.6 Å². The maximum atomic E-state index is 6.04. The third-order valence-electron chi connectivity index (χ3n) is 1.72. The fraction of sp³-hybridized carbons (Fsp3) is 0.100. The van der Waals surface area contributed by atoms with E-state index in [2.05, 4.69) is 30.9 Å². The maximum Gasteiger partial charge on any atom is 0.193 e. The van der Waals surface area contributed by atoms with Gasteiger partial charge in [-0.15, -0.1) is 0 Å². The average molecular weight is 317 g/mol. The molecule has 0 aliphatic rings. The molecule has 0 unspecified atom stereocenters. The molecule has 2 heterocycles. The van der Waals surface area contributed by atoms with Crippen LogP contribution < -0.4 is 0 Å². The topological polar surface area (TPSA) is 38.7 Å². The van der Waals surface area contributed by atoms with E-state index >= 15 is 0 Å². The molecule has 0 aromatic carbocycles. The molecule has 0 atom stereocenters.